The predicted octanol–water partition coefficient (Wildman–Crippen LogP) is 0.0809. The van der Waals surface area contributed by atoms with Crippen LogP contribution in [0.25, 0.3) is 0 Å². The fraction of sp³-hybridized carbons (Fsp3) is 0.889. The van der Waals surface area contributed by atoms with Crippen LogP contribution in [0.2, 0.25) is 0 Å². The van der Waals surface area contributed by atoms with Crippen LogP contribution in [0, 0.1) is 0 Å². The molecule has 3 aliphatic heterocycles. The second-order valence-electron chi connectivity index (χ2n) is 17.2. The maximum absolute atomic E-state index is 13.0. The zero-order valence-corrected chi connectivity index (χ0v) is 37.8. The molecule has 3 heterocycles. The van der Waals surface area contributed by atoms with E-state index < -0.39 is 124 Å². The second kappa shape index (κ2) is 31.3. The van der Waals surface area contributed by atoms with E-state index in [1.165, 1.54) is 44.9 Å². The number of hydrogen-bond acceptors (Lipinski definition) is 18. The molecule has 0 aliphatic carbocycles. The summed E-state index contributed by atoms with van der Waals surface area (Å²) in [6.07, 6.45) is -1.68. The van der Waals surface area contributed by atoms with Gasteiger partial charge < -0.3 is 89.9 Å². The molecule has 3 rings (SSSR count). The maximum atomic E-state index is 13.0. The number of ether oxygens (including phenoxy) is 6. The normalized spacial score (nSPS) is 34.7. The van der Waals surface area contributed by atoms with E-state index in [2.05, 4.69) is 31.3 Å². The third kappa shape index (κ3) is 18.1. The summed E-state index contributed by atoms with van der Waals surface area (Å²) in [6.45, 7) is 1.53. The lowest BCUT2D eigenvalue weighted by Crippen LogP contribution is -2.66. The molecule has 0 radical (unpaired) electrons. The van der Waals surface area contributed by atoms with Crippen LogP contribution in [0.5, 0.6) is 0 Å². The molecule has 3 aliphatic rings. The quantitative estimate of drug-likeness (QED) is 0.0324. The topological polar surface area (TPSA) is 307 Å². The van der Waals surface area contributed by atoms with Crippen molar-refractivity contribution in [3.63, 3.8) is 0 Å². The molecule has 0 aromatic heterocycles. The van der Waals surface area contributed by atoms with Crippen molar-refractivity contribution in [2.45, 2.75) is 227 Å². The summed E-state index contributed by atoms with van der Waals surface area (Å²) >= 11 is 0. The third-order valence-electron chi connectivity index (χ3n) is 12.0. The predicted molar refractivity (Wildman–Crippen MR) is 231 cm³/mol. The molecule has 0 aromatic rings. The van der Waals surface area contributed by atoms with Gasteiger partial charge in [0.25, 0.3) is 0 Å². The van der Waals surface area contributed by atoms with Gasteiger partial charge in [0.2, 0.25) is 5.91 Å². The molecule has 0 spiro atoms. The highest BCUT2D eigenvalue weighted by Crippen LogP contribution is 2.33. The van der Waals surface area contributed by atoms with Crippen molar-refractivity contribution < 1.29 is 89.4 Å². The van der Waals surface area contributed by atoms with Crippen molar-refractivity contribution in [2.24, 2.45) is 0 Å². The van der Waals surface area contributed by atoms with Crippen molar-refractivity contribution in [3.05, 3.63) is 24.3 Å². The number of allylic oxidation sites excluding steroid dienone is 3. The third-order valence-corrected chi connectivity index (χ3v) is 12.0. The molecule has 17 unspecified atom stereocenters. The first-order valence-electron chi connectivity index (χ1n) is 23.6. The van der Waals surface area contributed by atoms with E-state index in [1.54, 1.807) is 6.08 Å². The monoisotopic (exact) mass is 924 g/mol. The van der Waals surface area contributed by atoms with E-state index in [-0.39, 0.29) is 18.9 Å². The number of hydrogen-bond donors (Lipinski definition) is 12. The average Bonchev–Trinajstić information content (AvgIpc) is 3.29. The standard InChI is InChI=1S/C45H81NO18/c1-3-5-7-9-10-11-12-13-14-15-16-17-19-20-22-29(50)28(46-33(51)23-21-18-8-6-4-2)27-59-43-39(57)36(54)41(31(25-48)61-43)64-45-40(58)37(55)42(32(26-49)62-45)63-44-38(56)35(53)34(52)30(24-47)60-44/h15-16,20,22,28-32,34-45,47-50,52-58H,3-14,17-19,21,23-27H2,1-2H3,(H,46,51)/b16-15+,22-20+. The van der Waals surface area contributed by atoms with Gasteiger partial charge in [-0.15, -0.1) is 0 Å². The van der Waals surface area contributed by atoms with Gasteiger partial charge in [0.15, 0.2) is 18.9 Å². The molecule has 17 atom stereocenters. The van der Waals surface area contributed by atoms with Gasteiger partial charge in [0, 0.05) is 6.42 Å². The molecule has 19 heteroatoms. The molecule has 0 aromatic carbocycles. The molecular formula is C45H81NO18. The Hall–Kier alpha value is -1.73. The van der Waals surface area contributed by atoms with E-state index in [4.69, 9.17) is 28.4 Å². The van der Waals surface area contributed by atoms with E-state index in [9.17, 15) is 61.0 Å². The first kappa shape index (κ1) is 56.6. The molecule has 12 N–H and O–H groups in total. The molecule has 1 amide bonds. The molecule has 3 fully saturated rings. The Balaban J connectivity index is 1.58. The fourth-order valence-electron chi connectivity index (χ4n) is 7.97. The van der Waals surface area contributed by atoms with Crippen LogP contribution in [-0.4, -0.2) is 193 Å². The number of carbonyl (C=O) groups excluding carboxylic acids is 1. The van der Waals surface area contributed by atoms with Gasteiger partial charge in [0.1, 0.15) is 73.2 Å². The van der Waals surface area contributed by atoms with Gasteiger partial charge in [-0.05, 0) is 32.1 Å². The van der Waals surface area contributed by atoms with Crippen LogP contribution < -0.4 is 5.32 Å². The van der Waals surface area contributed by atoms with E-state index in [0.717, 1.165) is 44.9 Å². The van der Waals surface area contributed by atoms with Crippen molar-refractivity contribution in [2.75, 3.05) is 26.4 Å². The van der Waals surface area contributed by atoms with Crippen molar-refractivity contribution >= 4 is 5.91 Å². The van der Waals surface area contributed by atoms with Crippen molar-refractivity contribution in [1.82, 2.24) is 5.32 Å². The Bertz CT molecular complexity index is 1290. The average molecular weight is 924 g/mol. The first-order valence-corrected chi connectivity index (χ1v) is 23.6. The molecule has 0 saturated carbocycles. The van der Waals surface area contributed by atoms with Gasteiger partial charge in [-0.1, -0.05) is 109 Å². The van der Waals surface area contributed by atoms with Crippen molar-refractivity contribution in [3.8, 4) is 0 Å². The molecule has 19 nitrogen and oxygen atoms in total. The number of rotatable bonds is 31. The minimum absolute atomic E-state index is 0.231. The highest BCUT2D eigenvalue weighted by molar-refractivity contribution is 5.76. The van der Waals surface area contributed by atoms with Crippen LogP contribution in [-0.2, 0) is 33.2 Å². The van der Waals surface area contributed by atoms with Gasteiger partial charge in [-0.25, -0.2) is 0 Å². The zero-order chi connectivity index (χ0) is 47.0. The fourth-order valence-corrected chi connectivity index (χ4v) is 7.97. The minimum Gasteiger partial charge on any atom is -0.394 e. The lowest BCUT2D eigenvalue weighted by molar-refractivity contribution is -0.379. The van der Waals surface area contributed by atoms with Crippen molar-refractivity contribution in [1.29, 1.82) is 0 Å². The number of nitrogens with one attached hydrogen (secondary N) is 1. The summed E-state index contributed by atoms with van der Waals surface area (Å²) in [6, 6.07) is -0.979. The molecule has 64 heavy (non-hydrogen) atoms. The van der Waals surface area contributed by atoms with Gasteiger partial charge >= 0.3 is 0 Å². The SMILES string of the molecule is CCCCCCCCCC/C=C/CC/C=C/C(O)C(COC1OC(CO)C(OC2OC(CO)C(OC3OC(CO)C(O)C(O)C3O)C(O)C2O)C(O)C1O)NC(=O)CCCCCCC. The summed E-state index contributed by atoms with van der Waals surface area (Å²) in [7, 11) is 0. The number of carbonyl (C=O) groups is 1. The maximum Gasteiger partial charge on any atom is 0.220 e. The van der Waals surface area contributed by atoms with Gasteiger partial charge in [-0.3, -0.25) is 4.79 Å². The Labute approximate surface area is 378 Å². The van der Waals surface area contributed by atoms with Crippen LogP contribution in [0.15, 0.2) is 24.3 Å². The molecule has 3 saturated heterocycles. The number of aliphatic hydroxyl groups excluding tert-OH is 11. The number of aliphatic hydroxyl groups is 11. The zero-order valence-electron chi connectivity index (χ0n) is 37.8. The summed E-state index contributed by atoms with van der Waals surface area (Å²) in [5.41, 5.74) is 0. The summed E-state index contributed by atoms with van der Waals surface area (Å²) in [4.78, 5) is 13.0. The van der Waals surface area contributed by atoms with Crippen LogP contribution >= 0.6 is 0 Å². The Kier molecular flexibility index (Phi) is 27.7. The Morgan fingerprint density at radius 1 is 0.547 bits per heavy atom. The van der Waals surface area contributed by atoms with Crippen LogP contribution in [0.1, 0.15) is 123 Å². The van der Waals surface area contributed by atoms with E-state index in [0.29, 0.717) is 12.8 Å². The number of unbranched alkanes of at least 4 members (excludes halogenated alkanes) is 13. The van der Waals surface area contributed by atoms with Crippen LogP contribution in [0.3, 0.4) is 0 Å². The lowest BCUT2D eigenvalue weighted by Gasteiger charge is -2.48. The second-order valence-corrected chi connectivity index (χ2v) is 17.2. The first-order chi connectivity index (χ1) is 30.8. The lowest BCUT2D eigenvalue weighted by atomic mass is 9.96. The van der Waals surface area contributed by atoms with Crippen LogP contribution in [0.4, 0.5) is 0 Å². The largest absolute Gasteiger partial charge is 0.394 e. The van der Waals surface area contributed by atoms with E-state index in [1.807, 2.05) is 6.08 Å². The Morgan fingerprint density at radius 3 is 1.56 bits per heavy atom. The molecule has 0 bridgehead atoms. The molecular weight excluding hydrogens is 842 g/mol. The van der Waals surface area contributed by atoms with Gasteiger partial charge in [-0.2, -0.15) is 0 Å². The number of amides is 1. The summed E-state index contributed by atoms with van der Waals surface area (Å²) < 4.78 is 33.9. The minimum atomic E-state index is -1.98. The molecule has 374 valence electrons. The highest BCUT2D eigenvalue weighted by Gasteiger charge is 2.53. The summed E-state index contributed by atoms with van der Waals surface area (Å²) in [5.74, 6) is -0.302. The van der Waals surface area contributed by atoms with E-state index >= 15 is 0 Å². The smallest absolute Gasteiger partial charge is 0.220 e. The highest BCUT2D eigenvalue weighted by atomic mass is 16.8. The van der Waals surface area contributed by atoms with Gasteiger partial charge in [0.05, 0.1) is 38.6 Å². The Morgan fingerprint density at radius 2 is 1.00 bits per heavy atom. The summed E-state index contributed by atoms with van der Waals surface area (Å²) in [5, 5.41) is 119.